The second-order valence-electron chi connectivity index (χ2n) is 6.90. The summed E-state index contributed by atoms with van der Waals surface area (Å²) in [6.07, 6.45) is 0.197. The third kappa shape index (κ3) is 4.20. The summed E-state index contributed by atoms with van der Waals surface area (Å²) in [5.41, 5.74) is 0.865. The number of carbonyl (C=O) groups is 2. The summed E-state index contributed by atoms with van der Waals surface area (Å²) in [4.78, 5) is 23.8. The molecule has 0 amide bonds. The molecule has 0 saturated heterocycles. The lowest BCUT2D eigenvalue weighted by molar-refractivity contribution is -0.164. The fraction of sp³-hybridized carbons (Fsp3) is 0.304. The van der Waals surface area contributed by atoms with Crippen LogP contribution in [0.25, 0.3) is 21.5 Å². The second-order valence-corrected chi connectivity index (χ2v) is 7.69. The Morgan fingerprint density at radius 3 is 2.43 bits per heavy atom. The second kappa shape index (κ2) is 8.74. The summed E-state index contributed by atoms with van der Waals surface area (Å²) in [6, 6.07) is 16.4. The predicted octanol–water partition coefficient (Wildman–Crippen LogP) is 5.95. The Hall–Kier alpha value is -2.40. The van der Waals surface area contributed by atoms with Crippen LogP contribution in [0.4, 0.5) is 0 Å². The van der Waals surface area contributed by atoms with Gasteiger partial charge < -0.3 is 9.47 Å². The molecular weight excluding hydrogens is 420 g/mol. The third-order valence-electron chi connectivity index (χ3n) is 4.98. The van der Waals surface area contributed by atoms with Crippen LogP contribution in [0.5, 0.6) is 0 Å². The van der Waals surface area contributed by atoms with E-state index in [0.29, 0.717) is 6.42 Å². The Kier molecular flexibility index (Phi) is 6.35. The number of hydrogen-bond acceptors (Lipinski definition) is 4. The van der Waals surface area contributed by atoms with Crippen LogP contribution in [0.3, 0.4) is 0 Å². The van der Waals surface area contributed by atoms with E-state index in [2.05, 4.69) is 40.2 Å². The van der Waals surface area contributed by atoms with Gasteiger partial charge in [-0.05, 0) is 50.8 Å². The monoisotopic (exact) mass is 442 g/mol. The Bertz CT molecular complexity index is 1030. The van der Waals surface area contributed by atoms with Crippen molar-refractivity contribution in [2.45, 2.75) is 33.3 Å². The summed E-state index contributed by atoms with van der Waals surface area (Å²) in [6.45, 7) is 5.10. The first kappa shape index (κ1) is 20.3. The largest absolute Gasteiger partial charge is 0.455 e. The van der Waals surface area contributed by atoms with E-state index in [-0.39, 0.29) is 18.5 Å². The number of esters is 2. The zero-order valence-corrected chi connectivity index (χ0v) is 17.8. The lowest BCUT2D eigenvalue weighted by Crippen LogP contribution is -2.21. The molecule has 4 nitrogen and oxygen atoms in total. The van der Waals surface area contributed by atoms with Crippen molar-refractivity contribution >= 4 is 49.4 Å². The van der Waals surface area contributed by atoms with Gasteiger partial charge in [-0.25, -0.2) is 4.79 Å². The van der Waals surface area contributed by atoms with E-state index in [4.69, 9.17) is 9.47 Å². The van der Waals surface area contributed by atoms with Crippen molar-refractivity contribution in [2.75, 3.05) is 6.61 Å². The van der Waals surface area contributed by atoms with E-state index >= 15 is 0 Å². The maximum atomic E-state index is 12.1. The highest BCUT2D eigenvalue weighted by Gasteiger charge is 2.19. The van der Waals surface area contributed by atoms with Crippen LogP contribution >= 0.6 is 15.9 Å². The molecule has 0 bridgehead atoms. The molecule has 0 heterocycles. The van der Waals surface area contributed by atoms with Gasteiger partial charge in [-0.2, -0.15) is 0 Å². The first-order valence-corrected chi connectivity index (χ1v) is 10.2. The van der Waals surface area contributed by atoms with Gasteiger partial charge in [0.05, 0.1) is 5.92 Å². The number of carbonyl (C=O) groups excluding carboxylic acids is 2. The van der Waals surface area contributed by atoms with Crippen molar-refractivity contribution in [1.29, 1.82) is 0 Å². The molecule has 0 radical (unpaired) electrons. The molecule has 3 aromatic rings. The normalized spacial score (nSPS) is 13.3. The molecule has 0 saturated carbocycles. The van der Waals surface area contributed by atoms with Crippen molar-refractivity contribution in [3.8, 4) is 0 Å². The molecule has 0 aliphatic rings. The van der Waals surface area contributed by atoms with E-state index in [1.54, 1.807) is 13.8 Å². The van der Waals surface area contributed by atoms with Crippen LogP contribution in [0, 0.1) is 5.92 Å². The summed E-state index contributed by atoms with van der Waals surface area (Å²) in [7, 11) is 0. The standard InChI is InChI=1S/C23H23BrO4/c1-4-14(2)23(26)27-13-21(25)28-15(3)17-11-12-19-18-8-6-5-7-16(18)9-10-20(19)22(17)24/h5-12,14-15H,4,13H2,1-3H3. The number of fused-ring (bicyclic) bond motifs is 3. The van der Waals surface area contributed by atoms with Gasteiger partial charge in [0.2, 0.25) is 0 Å². The predicted molar refractivity (Wildman–Crippen MR) is 114 cm³/mol. The lowest BCUT2D eigenvalue weighted by Gasteiger charge is -2.17. The molecule has 0 aliphatic carbocycles. The van der Waals surface area contributed by atoms with Crippen LogP contribution in [-0.4, -0.2) is 18.5 Å². The Labute approximate surface area is 172 Å². The minimum atomic E-state index is -0.560. The number of rotatable bonds is 6. The average Bonchev–Trinajstić information content (AvgIpc) is 2.71. The zero-order chi connectivity index (χ0) is 20.3. The van der Waals surface area contributed by atoms with Crippen LogP contribution in [0.15, 0.2) is 53.0 Å². The van der Waals surface area contributed by atoms with Gasteiger partial charge in [-0.1, -0.05) is 62.4 Å². The molecule has 0 N–H and O–H groups in total. The molecule has 146 valence electrons. The van der Waals surface area contributed by atoms with Gasteiger partial charge in [0.1, 0.15) is 6.10 Å². The Morgan fingerprint density at radius 1 is 0.964 bits per heavy atom. The highest BCUT2D eigenvalue weighted by atomic mass is 79.9. The van der Waals surface area contributed by atoms with Gasteiger partial charge in [-0.15, -0.1) is 0 Å². The number of ether oxygens (including phenoxy) is 2. The SMILES string of the molecule is CCC(C)C(=O)OCC(=O)OC(C)c1ccc2c(ccc3ccccc32)c1Br. The zero-order valence-electron chi connectivity index (χ0n) is 16.2. The van der Waals surface area contributed by atoms with E-state index in [1.165, 1.54) is 10.8 Å². The van der Waals surface area contributed by atoms with Gasteiger partial charge in [-0.3, -0.25) is 4.79 Å². The first-order chi connectivity index (χ1) is 13.4. The molecule has 2 unspecified atom stereocenters. The molecule has 3 rings (SSSR count). The van der Waals surface area contributed by atoms with E-state index in [9.17, 15) is 9.59 Å². The van der Waals surface area contributed by atoms with Crippen molar-refractivity contribution in [1.82, 2.24) is 0 Å². The minimum absolute atomic E-state index is 0.227. The maximum absolute atomic E-state index is 12.1. The van der Waals surface area contributed by atoms with E-state index in [1.807, 2.05) is 31.2 Å². The fourth-order valence-electron chi connectivity index (χ4n) is 3.12. The first-order valence-electron chi connectivity index (χ1n) is 9.38. The minimum Gasteiger partial charge on any atom is -0.455 e. The number of halogens is 1. The van der Waals surface area contributed by atoms with E-state index < -0.39 is 12.1 Å². The quantitative estimate of drug-likeness (QED) is 0.349. The molecule has 3 aromatic carbocycles. The molecule has 5 heteroatoms. The summed E-state index contributed by atoms with van der Waals surface area (Å²) < 4.78 is 11.4. The van der Waals surface area contributed by atoms with Crippen molar-refractivity contribution in [3.63, 3.8) is 0 Å². The van der Waals surface area contributed by atoms with Crippen LogP contribution in [0.2, 0.25) is 0 Å². The summed E-state index contributed by atoms with van der Waals surface area (Å²) >= 11 is 3.67. The van der Waals surface area contributed by atoms with Gasteiger partial charge in [0.25, 0.3) is 0 Å². The van der Waals surface area contributed by atoms with Gasteiger partial charge >= 0.3 is 11.9 Å². The molecular formula is C23H23BrO4. The average molecular weight is 443 g/mol. The van der Waals surface area contributed by atoms with Gasteiger partial charge in [0, 0.05) is 10.0 Å². The van der Waals surface area contributed by atoms with Crippen molar-refractivity contribution < 1.29 is 19.1 Å². The lowest BCUT2D eigenvalue weighted by atomic mass is 9.99. The molecule has 0 aromatic heterocycles. The molecule has 0 fully saturated rings. The highest BCUT2D eigenvalue weighted by molar-refractivity contribution is 9.10. The molecule has 0 aliphatic heterocycles. The third-order valence-corrected chi connectivity index (χ3v) is 5.87. The number of hydrogen-bond donors (Lipinski definition) is 0. The molecule has 0 spiro atoms. The summed E-state index contributed by atoms with van der Waals surface area (Å²) in [5.74, 6) is -1.17. The van der Waals surface area contributed by atoms with Crippen molar-refractivity contribution in [2.24, 2.45) is 5.92 Å². The van der Waals surface area contributed by atoms with Crippen molar-refractivity contribution in [3.05, 3.63) is 58.6 Å². The maximum Gasteiger partial charge on any atom is 0.344 e. The van der Waals surface area contributed by atoms with Gasteiger partial charge in [0.15, 0.2) is 6.61 Å². The van der Waals surface area contributed by atoms with E-state index in [0.717, 1.165) is 20.8 Å². The smallest absolute Gasteiger partial charge is 0.344 e. The van der Waals surface area contributed by atoms with Crippen LogP contribution in [0.1, 0.15) is 38.9 Å². The Balaban J connectivity index is 1.77. The number of benzene rings is 3. The molecule has 2 atom stereocenters. The highest BCUT2D eigenvalue weighted by Crippen LogP contribution is 2.36. The fourth-order valence-corrected chi connectivity index (χ4v) is 3.92. The van der Waals surface area contributed by atoms with Crippen LogP contribution in [-0.2, 0) is 19.1 Å². The Morgan fingerprint density at radius 2 is 1.68 bits per heavy atom. The molecule has 28 heavy (non-hydrogen) atoms. The summed E-state index contributed by atoms with van der Waals surface area (Å²) in [5, 5.41) is 4.54. The topological polar surface area (TPSA) is 52.6 Å². The van der Waals surface area contributed by atoms with Crippen LogP contribution < -0.4 is 0 Å².